The third-order valence-corrected chi connectivity index (χ3v) is 13.3. The standard InChI is InChI=1S/C39H56N6O9S/c1-8-24-20-39(24,36(48)44-55(50,51)26-16-17-26)43-33(46)31-23(3)30-21-45(31)35(47)32(38(4,5)6)42-37(49)53-22(2)13-11-9-10-12-14-28-34(54-30)41-29-19-25(52-7)15-18-27(29)40-28/h15,18-19,22-24,26,30-32H,8-14,16-17,20-21H2,1-7H3,(H,42,49)(H,43,46)(H,44,48)/t22?,23-,24-,30+,31+,32-,39-/m1/s1. The summed E-state index contributed by atoms with van der Waals surface area (Å²) in [5.41, 5.74) is -0.363. The highest BCUT2D eigenvalue weighted by atomic mass is 32.2. The Kier molecular flexibility index (Phi) is 11.6. The van der Waals surface area contributed by atoms with Crippen LogP contribution in [-0.2, 0) is 35.6 Å². The van der Waals surface area contributed by atoms with Gasteiger partial charge in [-0.1, -0.05) is 53.9 Å². The quantitative estimate of drug-likeness (QED) is 0.365. The van der Waals surface area contributed by atoms with E-state index in [2.05, 4.69) is 15.4 Å². The molecule has 15 nitrogen and oxygen atoms in total. The van der Waals surface area contributed by atoms with Crippen LogP contribution in [0.15, 0.2) is 18.2 Å². The summed E-state index contributed by atoms with van der Waals surface area (Å²) in [6.45, 7) is 10.9. The van der Waals surface area contributed by atoms with Gasteiger partial charge in [0.15, 0.2) is 0 Å². The molecule has 2 aromatic rings. The average molecular weight is 785 g/mol. The molecular formula is C39H56N6O9S. The Labute approximate surface area is 323 Å². The van der Waals surface area contributed by atoms with Crippen LogP contribution in [0.4, 0.5) is 4.79 Å². The first-order valence-electron chi connectivity index (χ1n) is 19.6. The number of benzene rings is 1. The van der Waals surface area contributed by atoms with Crippen molar-refractivity contribution in [3.8, 4) is 11.6 Å². The van der Waals surface area contributed by atoms with Crippen molar-refractivity contribution in [2.75, 3.05) is 13.7 Å². The summed E-state index contributed by atoms with van der Waals surface area (Å²) in [7, 11) is -2.31. The highest BCUT2D eigenvalue weighted by molar-refractivity contribution is 7.91. The summed E-state index contributed by atoms with van der Waals surface area (Å²) >= 11 is 0. The third-order valence-electron chi connectivity index (χ3n) is 11.5. The number of aromatic nitrogens is 2. The van der Waals surface area contributed by atoms with Crippen LogP contribution in [-0.4, -0.2) is 95.8 Å². The van der Waals surface area contributed by atoms with Crippen molar-refractivity contribution in [3.63, 3.8) is 0 Å². The number of ether oxygens (including phenoxy) is 3. The van der Waals surface area contributed by atoms with E-state index in [1.165, 1.54) is 4.90 Å². The van der Waals surface area contributed by atoms with Crippen LogP contribution in [0.5, 0.6) is 11.6 Å². The smallest absolute Gasteiger partial charge is 0.408 e. The number of hydrogen-bond acceptors (Lipinski definition) is 11. The molecule has 0 spiro atoms. The van der Waals surface area contributed by atoms with Crippen molar-refractivity contribution in [3.05, 3.63) is 23.9 Å². The van der Waals surface area contributed by atoms with Gasteiger partial charge in [-0.2, -0.15) is 0 Å². The van der Waals surface area contributed by atoms with Crippen LogP contribution in [0.2, 0.25) is 0 Å². The van der Waals surface area contributed by atoms with Gasteiger partial charge in [-0.15, -0.1) is 0 Å². The van der Waals surface area contributed by atoms with E-state index in [9.17, 15) is 27.6 Å². The fourth-order valence-corrected chi connectivity index (χ4v) is 9.23. The Morgan fingerprint density at radius 1 is 1.04 bits per heavy atom. The Morgan fingerprint density at radius 2 is 1.76 bits per heavy atom. The molecule has 1 aromatic heterocycles. The first-order chi connectivity index (χ1) is 26.0. The van der Waals surface area contributed by atoms with Crippen molar-refractivity contribution < 1.29 is 41.8 Å². The summed E-state index contributed by atoms with van der Waals surface area (Å²) in [5.74, 6) is -1.95. The zero-order chi connectivity index (χ0) is 39.9. The van der Waals surface area contributed by atoms with Crippen LogP contribution in [0.25, 0.3) is 11.0 Å². The molecule has 2 saturated carbocycles. The second-order valence-corrected chi connectivity index (χ2v) is 18.8. The number of sulfonamides is 1. The van der Waals surface area contributed by atoms with Gasteiger partial charge in [0.05, 0.1) is 29.9 Å². The maximum atomic E-state index is 14.7. The van der Waals surface area contributed by atoms with Gasteiger partial charge in [0.2, 0.25) is 27.7 Å². The Balaban J connectivity index is 1.37. The lowest BCUT2D eigenvalue weighted by Gasteiger charge is -2.36. The molecule has 2 aliphatic carbocycles. The lowest BCUT2D eigenvalue weighted by Crippen LogP contribution is -2.61. The number of carbonyl (C=O) groups is 4. The van der Waals surface area contributed by atoms with Gasteiger partial charge in [-0.3, -0.25) is 19.1 Å². The summed E-state index contributed by atoms with van der Waals surface area (Å²) < 4.78 is 45.6. The van der Waals surface area contributed by atoms with Gasteiger partial charge in [-0.05, 0) is 75.3 Å². The highest BCUT2D eigenvalue weighted by Crippen LogP contribution is 2.47. The lowest BCUT2D eigenvalue weighted by molar-refractivity contribution is -0.143. The normalized spacial score (nSPS) is 29.5. The molecule has 1 aromatic carbocycles. The van der Waals surface area contributed by atoms with Crippen molar-refractivity contribution in [1.29, 1.82) is 0 Å². The van der Waals surface area contributed by atoms with Crippen LogP contribution >= 0.6 is 0 Å². The third kappa shape index (κ3) is 8.78. The highest BCUT2D eigenvalue weighted by Gasteiger charge is 2.63. The van der Waals surface area contributed by atoms with Crippen molar-refractivity contribution in [1.82, 2.24) is 30.2 Å². The van der Waals surface area contributed by atoms with Crippen molar-refractivity contribution in [2.24, 2.45) is 17.3 Å². The van der Waals surface area contributed by atoms with Gasteiger partial charge in [-0.25, -0.2) is 23.2 Å². The number of methoxy groups -OCH3 is 1. The minimum atomic E-state index is -3.88. The average Bonchev–Trinajstić information content (AvgIpc) is 4.05. The van der Waals surface area contributed by atoms with E-state index in [1.807, 2.05) is 46.8 Å². The number of carbonyl (C=O) groups excluding carboxylic acids is 4. The number of nitrogens with zero attached hydrogens (tertiary/aromatic N) is 3. The van der Waals surface area contributed by atoms with E-state index < -0.39 is 74.1 Å². The number of amides is 4. The number of aryl methyl sites for hydroxylation is 1. The summed E-state index contributed by atoms with van der Waals surface area (Å²) in [6.07, 6.45) is 4.59. The maximum Gasteiger partial charge on any atom is 0.408 e. The topological polar surface area (TPSA) is 195 Å². The van der Waals surface area contributed by atoms with E-state index in [0.29, 0.717) is 60.5 Å². The number of hydrogen-bond donors (Lipinski definition) is 3. The molecule has 7 atom stereocenters. The molecule has 302 valence electrons. The number of nitrogens with one attached hydrogen (secondary N) is 3. The van der Waals surface area contributed by atoms with E-state index in [1.54, 1.807) is 20.1 Å². The van der Waals surface area contributed by atoms with Gasteiger partial charge >= 0.3 is 6.09 Å². The molecule has 16 heteroatoms. The zero-order valence-corrected chi connectivity index (χ0v) is 33.8. The van der Waals surface area contributed by atoms with Gasteiger partial charge in [0, 0.05) is 12.0 Å². The lowest BCUT2D eigenvalue weighted by atomic mass is 9.85. The minimum absolute atomic E-state index is 0.0402. The molecule has 1 saturated heterocycles. The molecule has 4 aliphatic rings. The molecule has 3 heterocycles. The monoisotopic (exact) mass is 784 g/mol. The molecule has 4 amide bonds. The fraction of sp³-hybridized carbons (Fsp3) is 0.692. The second kappa shape index (κ2) is 15.7. The van der Waals surface area contributed by atoms with Gasteiger partial charge in [0.25, 0.3) is 5.91 Å². The molecule has 3 fully saturated rings. The molecule has 6 rings (SSSR count). The summed E-state index contributed by atoms with van der Waals surface area (Å²) in [5, 5.41) is 5.08. The van der Waals surface area contributed by atoms with Crippen LogP contribution in [0, 0.1) is 17.3 Å². The van der Waals surface area contributed by atoms with Crippen LogP contribution < -0.4 is 24.8 Å². The number of rotatable bonds is 7. The van der Waals surface area contributed by atoms with Crippen molar-refractivity contribution in [2.45, 2.75) is 141 Å². The number of alkyl carbamates (subject to hydrolysis) is 1. The predicted octanol–water partition coefficient (Wildman–Crippen LogP) is 4.16. The van der Waals surface area contributed by atoms with E-state index >= 15 is 0 Å². The van der Waals surface area contributed by atoms with Crippen molar-refractivity contribution >= 4 is 44.9 Å². The number of fused-ring (bicyclic) bond motifs is 4. The minimum Gasteiger partial charge on any atom is -0.497 e. The van der Waals surface area contributed by atoms with Crippen LogP contribution in [0.3, 0.4) is 0 Å². The molecular weight excluding hydrogens is 729 g/mol. The molecule has 3 N–H and O–H groups in total. The number of cyclic esters (lactones) is 1. The Morgan fingerprint density at radius 3 is 2.42 bits per heavy atom. The molecule has 0 radical (unpaired) electrons. The fourth-order valence-electron chi connectivity index (χ4n) is 7.87. The van der Waals surface area contributed by atoms with E-state index in [4.69, 9.17) is 24.2 Å². The first-order valence-corrected chi connectivity index (χ1v) is 21.2. The molecule has 2 bridgehead atoms. The molecule has 55 heavy (non-hydrogen) atoms. The maximum absolute atomic E-state index is 14.7. The van der Waals surface area contributed by atoms with Gasteiger partial charge in [0.1, 0.15) is 41.3 Å². The summed E-state index contributed by atoms with van der Waals surface area (Å²) in [6, 6.07) is 3.19. The SMILES string of the molecule is CC[C@@H]1C[C@]1(NC(=O)[C@@H]1[C@H](C)[C@@H]2CN1C(=O)[C@H](C(C)(C)C)NC(=O)OC(C)CCCCCCc1nc3ccc(OC)cc3nc1O2)C(=O)NS(=O)(=O)C1CC1. The second-order valence-electron chi connectivity index (χ2n) is 16.8. The van der Waals surface area contributed by atoms with Gasteiger partial charge < -0.3 is 29.7 Å². The Hall–Kier alpha value is -4.21. The van der Waals surface area contributed by atoms with E-state index in [0.717, 1.165) is 25.7 Å². The van der Waals surface area contributed by atoms with E-state index in [-0.39, 0.29) is 25.0 Å². The largest absolute Gasteiger partial charge is 0.497 e. The molecule has 2 aliphatic heterocycles. The first kappa shape index (κ1) is 40.5. The Bertz CT molecular complexity index is 1910. The predicted molar refractivity (Wildman–Crippen MR) is 204 cm³/mol. The summed E-state index contributed by atoms with van der Waals surface area (Å²) in [4.78, 5) is 67.5. The zero-order valence-electron chi connectivity index (χ0n) is 33.0. The molecule has 1 unspecified atom stereocenters. The van der Waals surface area contributed by atoms with Crippen LogP contribution in [0.1, 0.15) is 105 Å².